The smallest absolute Gasteiger partial charge is 0.252 e. The van der Waals surface area contributed by atoms with Gasteiger partial charge in [-0.15, -0.1) is 0 Å². The third-order valence-corrected chi connectivity index (χ3v) is 4.46. The van der Waals surface area contributed by atoms with Crippen LogP contribution in [0.3, 0.4) is 0 Å². The molecule has 0 saturated heterocycles. The van der Waals surface area contributed by atoms with Gasteiger partial charge in [0.1, 0.15) is 5.75 Å². The number of nitrogens with one attached hydrogen (secondary N) is 1. The summed E-state index contributed by atoms with van der Waals surface area (Å²) in [6.07, 6.45) is 0.704. The molecule has 1 amide bonds. The summed E-state index contributed by atoms with van der Waals surface area (Å²) in [4.78, 5) is 17.3. The number of benzene rings is 1. The van der Waals surface area contributed by atoms with E-state index in [4.69, 9.17) is 4.74 Å². The van der Waals surface area contributed by atoms with Gasteiger partial charge in [0.05, 0.1) is 23.8 Å². The van der Waals surface area contributed by atoms with Gasteiger partial charge in [0.15, 0.2) is 5.65 Å². The van der Waals surface area contributed by atoms with E-state index < -0.39 is 0 Å². The van der Waals surface area contributed by atoms with Crippen molar-refractivity contribution in [1.82, 2.24) is 20.1 Å². The fourth-order valence-corrected chi connectivity index (χ4v) is 3.26. The van der Waals surface area contributed by atoms with Crippen LogP contribution >= 0.6 is 0 Å². The lowest BCUT2D eigenvalue weighted by atomic mass is 10.1. The molecule has 6 heteroatoms. The van der Waals surface area contributed by atoms with Crippen LogP contribution in [0.1, 0.15) is 32.9 Å². The minimum absolute atomic E-state index is 0.108. The van der Waals surface area contributed by atoms with Crippen molar-refractivity contribution in [3.8, 4) is 5.75 Å². The van der Waals surface area contributed by atoms with Crippen LogP contribution in [-0.4, -0.2) is 34.3 Å². The Morgan fingerprint density at radius 1 is 1.23 bits per heavy atom. The molecule has 6 nitrogen and oxygen atoms in total. The van der Waals surface area contributed by atoms with Gasteiger partial charge in [0.25, 0.3) is 5.91 Å². The molecule has 2 heterocycles. The van der Waals surface area contributed by atoms with Gasteiger partial charge >= 0.3 is 0 Å². The normalized spacial score (nSPS) is 11.0. The van der Waals surface area contributed by atoms with Gasteiger partial charge in [-0.25, -0.2) is 4.98 Å². The number of carbonyl (C=O) groups excluding carboxylic acids is 1. The van der Waals surface area contributed by atoms with Crippen LogP contribution < -0.4 is 10.1 Å². The SMILES string of the molecule is COc1ccc(C)cc1CCNC(=O)c1cc(C)nc2c1c(C)nn2C. The fraction of sp³-hybridized carbons (Fsp3) is 0.350. The lowest BCUT2D eigenvalue weighted by molar-refractivity contribution is 0.0955. The average Bonchev–Trinajstić information content (AvgIpc) is 2.88. The van der Waals surface area contributed by atoms with Crippen molar-refractivity contribution < 1.29 is 9.53 Å². The molecule has 0 saturated carbocycles. The van der Waals surface area contributed by atoms with Crippen LogP contribution in [0.5, 0.6) is 5.75 Å². The van der Waals surface area contributed by atoms with E-state index in [1.165, 1.54) is 5.56 Å². The highest BCUT2D eigenvalue weighted by Crippen LogP contribution is 2.22. The number of pyridine rings is 1. The van der Waals surface area contributed by atoms with E-state index in [1.54, 1.807) is 11.8 Å². The Morgan fingerprint density at radius 3 is 2.73 bits per heavy atom. The Bertz CT molecular complexity index is 976. The maximum Gasteiger partial charge on any atom is 0.252 e. The summed E-state index contributed by atoms with van der Waals surface area (Å²) >= 11 is 0. The largest absolute Gasteiger partial charge is 0.496 e. The number of ether oxygens (including phenoxy) is 1. The molecule has 0 atom stereocenters. The van der Waals surface area contributed by atoms with E-state index in [0.717, 1.165) is 33.7 Å². The maximum atomic E-state index is 12.8. The molecule has 0 spiro atoms. The first kappa shape index (κ1) is 17.9. The van der Waals surface area contributed by atoms with Gasteiger partial charge in [-0.1, -0.05) is 17.7 Å². The summed E-state index contributed by atoms with van der Waals surface area (Å²) in [7, 11) is 3.50. The Hall–Kier alpha value is -2.89. The van der Waals surface area contributed by atoms with E-state index in [1.807, 2.05) is 46.0 Å². The van der Waals surface area contributed by atoms with Crippen molar-refractivity contribution in [3.05, 3.63) is 52.3 Å². The van der Waals surface area contributed by atoms with Crippen LogP contribution in [0.15, 0.2) is 24.3 Å². The van der Waals surface area contributed by atoms with Crippen molar-refractivity contribution in [2.45, 2.75) is 27.2 Å². The molecule has 0 unspecified atom stereocenters. The predicted molar refractivity (Wildman–Crippen MR) is 102 cm³/mol. The van der Waals surface area contributed by atoms with E-state index in [9.17, 15) is 4.79 Å². The third kappa shape index (κ3) is 3.40. The van der Waals surface area contributed by atoms with E-state index in [0.29, 0.717) is 18.5 Å². The second-order valence-corrected chi connectivity index (χ2v) is 6.54. The van der Waals surface area contributed by atoms with Crippen molar-refractivity contribution >= 4 is 16.9 Å². The monoisotopic (exact) mass is 352 g/mol. The molecule has 26 heavy (non-hydrogen) atoms. The highest BCUT2D eigenvalue weighted by molar-refractivity contribution is 6.06. The molecule has 3 aromatic rings. The summed E-state index contributed by atoms with van der Waals surface area (Å²) in [5.74, 6) is 0.735. The minimum atomic E-state index is -0.108. The summed E-state index contributed by atoms with van der Waals surface area (Å²) in [6.45, 7) is 6.36. The van der Waals surface area contributed by atoms with Crippen LogP contribution in [0, 0.1) is 20.8 Å². The Morgan fingerprint density at radius 2 is 2.00 bits per heavy atom. The predicted octanol–water partition coefficient (Wildman–Crippen LogP) is 2.87. The van der Waals surface area contributed by atoms with Gasteiger partial charge in [0.2, 0.25) is 0 Å². The van der Waals surface area contributed by atoms with Crippen LogP contribution in [0.2, 0.25) is 0 Å². The van der Waals surface area contributed by atoms with Gasteiger partial charge in [-0.05, 0) is 44.9 Å². The second-order valence-electron chi connectivity index (χ2n) is 6.54. The molecule has 3 rings (SSSR count). The van der Waals surface area contributed by atoms with Crippen LogP contribution in [-0.2, 0) is 13.5 Å². The Balaban J connectivity index is 1.79. The summed E-state index contributed by atoms with van der Waals surface area (Å²) < 4.78 is 7.12. The average molecular weight is 352 g/mol. The van der Waals surface area contributed by atoms with Crippen molar-refractivity contribution in [3.63, 3.8) is 0 Å². The third-order valence-electron chi connectivity index (χ3n) is 4.46. The number of amides is 1. The molecular formula is C20H24N4O2. The molecule has 0 aliphatic carbocycles. The first-order valence-corrected chi connectivity index (χ1v) is 8.63. The first-order chi connectivity index (χ1) is 12.4. The van der Waals surface area contributed by atoms with E-state index in [-0.39, 0.29) is 5.91 Å². The number of aryl methyl sites for hydroxylation is 4. The molecule has 0 aliphatic heterocycles. The molecule has 1 N–H and O–H groups in total. The Labute approximate surface area is 153 Å². The number of methoxy groups -OCH3 is 1. The van der Waals surface area contributed by atoms with Crippen molar-refractivity contribution in [2.75, 3.05) is 13.7 Å². The first-order valence-electron chi connectivity index (χ1n) is 8.63. The lowest BCUT2D eigenvalue weighted by Gasteiger charge is -2.11. The number of fused-ring (bicyclic) bond motifs is 1. The molecular weight excluding hydrogens is 328 g/mol. The lowest BCUT2D eigenvalue weighted by Crippen LogP contribution is -2.26. The van der Waals surface area contributed by atoms with E-state index in [2.05, 4.69) is 21.5 Å². The standard InChI is InChI=1S/C20H24N4O2/c1-12-6-7-17(26-5)15(10-12)8-9-21-20(25)16-11-13(2)22-19-18(16)14(3)23-24(19)4/h6-7,10-11H,8-9H2,1-5H3,(H,21,25). The molecule has 0 aliphatic rings. The van der Waals surface area contributed by atoms with Crippen LogP contribution in [0.25, 0.3) is 11.0 Å². The maximum absolute atomic E-state index is 12.8. The van der Waals surface area contributed by atoms with Gasteiger partial charge in [0, 0.05) is 19.3 Å². The zero-order chi connectivity index (χ0) is 18.8. The number of nitrogens with zero attached hydrogens (tertiary/aromatic N) is 3. The number of carbonyl (C=O) groups is 1. The highest BCUT2D eigenvalue weighted by Gasteiger charge is 2.17. The van der Waals surface area contributed by atoms with Crippen molar-refractivity contribution in [2.24, 2.45) is 7.05 Å². The number of rotatable bonds is 5. The highest BCUT2D eigenvalue weighted by atomic mass is 16.5. The Kier molecular flexibility index (Phi) is 4.93. The van der Waals surface area contributed by atoms with Gasteiger partial charge < -0.3 is 10.1 Å². The molecule has 136 valence electrons. The molecule has 2 aromatic heterocycles. The number of aromatic nitrogens is 3. The van der Waals surface area contributed by atoms with Gasteiger partial charge in [-0.3, -0.25) is 9.48 Å². The van der Waals surface area contributed by atoms with Gasteiger partial charge in [-0.2, -0.15) is 5.10 Å². The number of hydrogen-bond donors (Lipinski definition) is 1. The minimum Gasteiger partial charge on any atom is -0.496 e. The zero-order valence-electron chi connectivity index (χ0n) is 15.9. The van der Waals surface area contributed by atoms with Crippen LogP contribution in [0.4, 0.5) is 0 Å². The zero-order valence-corrected chi connectivity index (χ0v) is 15.9. The van der Waals surface area contributed by atoms with Crippen molar-refractivity contribution in [1.29, 1.82) is 0 Å². The number of hydrogen-bond acceptors (Lipinski definition) is 4. The summed E-state index contributed by atoms with van der Waals surface area (Å²) in [5.41, 5.74) is 5.21. The fourth-order valence-electron chi connectivity index (χ4n) is 3.26. The summed E-state index contributed by atoms with van der Waals surface area (Å²) in [5, 5.41) is 8.22. The van der Waals surface area contributed by atoms with E-state index >= 15 is 0 Å². The molecule has 0 radical (unpaired) electrons. The second kappa shape index (κ2) is 7.15. The molecule has 1 aromatic carbocycles. The summed E-state index contributed by atoms with van der Waals surface area (Å²) in [6, 6.07) is 7.88. The topological polar surface area (TPSA) is 69.0 Å². The quantitative estimate of drug-likeness (QED) is 0.767. The molecule has 0 fully saturated rings. The molecule has 0 bridgehead atoms.